The molecule has 0 aliphatic carbocycles. The van der Waals surface area contributed by atoms with Crippen molar-refractivity contribution in [3.63, 3.8) is 0 Å². The summed E-state index contributed by atoms with van der Waals surface area (Å²) < 4.78 is 0. The summed E-state index contributed by atoms with van der Waals surface area (Å²) in [5.74, 6) is 0. The second kappa shape index (κ2) is 7.75. The summed E-state index contributed by atoms with van der Waals surface area (Å²) in [6, 6.07) is 6.18. The minimum Gasteiger partial charge on any atom is -0.316 e. The molecule has 1 saturated heterocycles. The molecule has 1 unspecified atom stereocenters. The average molecular weight is 275 g/mol. The number of hydrogen-bond acceptors (Lipinski definition) is 3. The minimum absolute atomic E-state index is 0.492. The molecular formula is C17H29N3. The van der Waals surface area contributed by atoms with Gasteiger partial charge in [-0.25, -0.2) is 0 Å². The van der Waals surface area contributed by atoms with Crippen LogP contribution in [0.5, 0.6) is 0 Å². The Hall–Kier alpha value is -0.930. The van der Waals surface area contributed by atoms with E-state index in [0.717, 1.165) is 13.0 Å². The monoisotopic (exact) mass is 275 g/mol. The standard InChI is InChI=1S/C17H29N3/c1-3-9-17(10-6-11-18-14-17)15-20(2)13-8-16-7-4-5-12-19-16/h4-5,7,12,18H,3,6,8-11,13-15H2,1-2H3. The van der Waals surface area contributed by atoms with Gasteiger partial charge in [-0.2, -0.15) is 0 Å². The molecule has 1 N–H and O–H groups in total. The van der Waals surface area contributed by atoms with Crippen LogP contribution in [0.1, 0.15) is 38.3 Å². The first kappa shape index (κ1) is 15.5. The average Bonchev–Trinajstić information content (AvgIpc) is 2.47. The number of rotatable bonds is 7. The molecule has 3 heteroatoms. The number of likely N-dealkylation sites (N-methyl/N-ethyl adjacent to an activating group) is 1. The van der Waals surface area contributed by atoms with Crippen LogP contribution in [0.25, 0.3) is 0 Å². The highest BCUT2D eigenvalue weighted by atomic mass is 15.1. The molecule has 0 bridgehead atoms. The van der Waals surface area contributed by atoms with Gasteiger partial charge in [0.15, 0.2) is 0 Å². The molecule has 0 radical (unpaired) electrons. The molecule has 1 aromatic rings. The summed E-state index contributed by atoms with van der Waals surface area (Å²) >= 11 is 0. The minimum atomic E-state index is 0.492. The Morgan fingerprint density at radius 2 is 2.30 bits per heavy atom. The van der Waals surface area contributed by atoms with Crippen LogP contribution in [0.15, 0.2) is 24.4 Å². The Kier molecular flexibility index (Phi) is 5.99. The Bertz CT molecular complexity index is 366. The van der Waals surface area contributed by atoms with Crippen LogP contribution in [-0.2, 0) is 6.42 Å². The van der Waals surface area contributed by atoms with Gasteiger partial charge < -0.3 is 10.2 Å². The van der Waals surface area contributed by atoms with Gasteiger partial charge >= 0.3 is 0 Å². The molecule has 1 atom stereocenters. The molecule has 20 heavy (non-hydrogen) atoms. The summed E-state index contributed by atoms with van der Waals surface area (Å²) in [5.41, 5.74) is 1.69. The lowest BCUT2D eigenvalue weighted by Crippen LogP contribution is -2.47. The van der Waals surface area contributed by atoms with Crippen molar-refractivity contribution in [2.75, 3.05) is 33.2 Å². The fourth-order valence-electron chi connectivity index (χ4n) is 3.49. The number of nitrogens with zero attached hydrogens (tertiary/aromatic N) is 2. The summed E-state index contributed by atoms with van der Waals surface area (Å²) in [6.45, 7) is 7.01. The molecule has 0 amide bonds. The van der Waals surface area contributed by atoms with Gasteiger partial charge in [0.25, 0.3) is 0 Å². The highest BCUT2D eigenvalue weighted by Gasteiger charge is 2.32. The van der Waals surface area contributed by atoms with Crippen molar-refractivity contribution >= 4 is 0 Å². The van der Waals surface area contributed by atoms with Crippen molar-refractivity contribution < 1.29 is 0 Å². The Morgan fingerprint density at radius 3 is 2.95 bits per heavy atom. The SMILES string of the molecule is CCCC1(CN(C)CCc2ccccn2)CCCNC1. The number of aromatic nitrogens is 1. The van der Waals surface area contributed by atoms with Gasteiger partial charge in [0.1, 0.15) is 0 Å². The van der Waals surface area contributed by atoms with E-state index in [2.05, 4.69) is 41.3 Å². The molecule has 112 valence electrons. The van der Waals surface area contributed by atoms with Crippen molar-refractivity contribution in [2.24, 2.45) is 5.41 Å². The normalized spacial score (nSPS) is 23.1. The third-order valence-electron chi connectivity index (χ3n) is 4.42. The fraction of sp³-hybridized carbons (Fsp3) is 0.706. The van der Waals surface area contributed by atoms with Crippen LogP contribution in [0.4, 0.5) is 0 Å². The smallest absolute Gasteiger partial charge is 0.0416 e. The second-order valence-corrected chi connectivity index (χ2v) is 6.34. The van der Waals surface area contributed by atoms with Gasteiger partial charge in [0, 0.05) is 37.9 Å². The largest absolute Gasteiger partial charge is 0.316 e. The van der Waals surface area contributed by atoms with Crippen molar-refractivity contribution in [3.8, 4) is 0 Å². The zero-order chi connectivity index (χ0) is 14.3. The van der Waals surface area contributed by atoms with Crippen LogP contribution in [0, 0.1) is 5.41 Å². The van der Waals surface area contributed by atoms with Gasteiger partial charge in [-0.1, -0.05) is 19.4 Å². The topological polar surface area (TPSA) is 28.2 Å². The first-order chi connectivity index (χ1) is 9.74. The summed E-state index contributed by atoms with van der Waals surface area (Å²) in [7, 11) is 2.26. The number of piperidine rings is 1. The van der Waals surface area contributed by atoms with Crippen molar-refractivity contribution in [2.45, 2.75) is 39.0 Å². The third-order valence-corrected chi connectivity index (χ3v) is 4.42. The zero-order valence-corrected chi connectivity index (χ0v) is 13.1. The van der Waals surface area contributed by atoms with Crippen LogP contribution in [0.3, 0.4) is 0 Å². The molecule has 0 aromatic carbocycles. The van der Waals surface area contributed by atoms with Crippen molar-refractivity contribution in [1.82, 2.24) is 15.2 Å². The molecule has 1 aliphatic rings. The van der Waals surface area contributed by atoms with Gasteiger partial charge in [0.2, 0.25) is 0 Å². The Balaban J connectivity index is 1.83. The van der Waals surface area contributed by atoms with Gasteiger partial charge in [0.05, 0.1) is 0 Å². The number of nitrogens with one attached hydrogen (secondary N) is 1. The second-order valence-electron chi connectivity index (χ2n) is 6.34. The van der Waals surface area contributed by atoms with Crippen LogP contribution >= 0.6 is 0 Å². The summed E-state index contributed by atoms with van der Waals surface area (Å²) in [5, 5.41) is 3.60. The third kappa shape index (κ3) is 4.57. The first-order valence-corrected chi connectivity index (χ1v) is 8.03. The maximum atomic E-state index is 4.41. The lowest BCUT2D eigenvalue weighted by molar-refractivity contribution is 0.122. The molecule has 0 spiro atoms. The van der Waals surface area contributed by atoms with E-state index in [4.69, 9.17) is 0 Å². The quantitative estimate of drug-likeness (QED) is 0.829. The lowest BCUT2D eigenvalue weighted by Gasteiger charge is -2.40. The van der Waals surface area contributed by atoms with Crippen LogP contribution < -0.4 is 5.32 Å². The van der Waals surface area contributed by atoms with E-state index in [1.165, 1.54) is 51.0 Å². The molecule has 3 nitrogen and oxygen atoms in total. The highest BCUT2D eigenvalue weighted by Crippen LogP contribution is 2.32. The molecule has 1 fully saturated rings. The summed E-state index contributed by atoms with van der Waals surface area (Å²) in [6.07, 6.45) is 8.27. The maximum Gasteiger partial charge on any atom is 0.0416 e. The number of hydrogen-bond donors (Lipinski definition) is 1. The van der Waals surface area contributed by atoms with E-state index in [1.807, 2.05) is 12.3 Å². The van der Waals surface area contributed by atoms with Crippen LogP contribution in [-0.4, -0.2) is 43.1 Å². The van der Waals surface area contributed by atoms with Gasteiger partial charge in [-0.3, -0.25) is 4.98 Å². The molecule has 1 aliphatic heterocycles. The molecular weight excluding hydrogens is 246 g/mol. The Morgan fingerprint density at radius 1 is 1.40 bits per heavy atom. The van der Waals surface area contributed by atoms with Gasteiger partial charge in [-0.05, 0) is 50.4 Å². The van der Waals surface area contributed by atoms with E-state index in [0.29, 0.717) is 5.41 Å². The van der Waals surface area contributed by atoms with E-state index in [1.54, 1.807) is 0 Å². The fourth-order valence-corrected chi connectivity index (χ4v) is 3.49. The van der Waals surface area contributed by atoms with E-state index in [9.17, 15) is 0 Å². The molecule has 1 aromatic heterocycles. The maximum absolute atomic E-state index is 4.41. The van der Waals surface area contributed by atoms with E-state index >= 15 is 0 Å². The molecule has 0 saturated carbocycles. The zero-order valence-electron chi connectivity index (χ0n) is 13.1. The number of pyridine rings is 1. The molecule has 2 rings (SSSR count). The summed E-state index contributed by atoms with van der Waals surface area (Å²) in [4.78, 5) is 6.91. The predicted molar refractivity (Wildman–Crippen MR) is 84.9 cm³/mol. The highest BCUT2D eigenvalue weighted by molar-refractivity contribution is 5.03. The van der Waals surface area contributed by atoms with Crippen LogP contribution in [0.2, 0.25) is 0 Å². The van der Waals surface area contributed by atoms with Crippen molar-refractivity contribution in [3.05, 3.63) is 30.1 Å². The van der Waals surface area contributed by atoms with Gasteiger partial charge in [-0.15, -0.1) is 0 Å². The van der Waals surface area contributed by atoms with Crippen molar-refractivity contribution in [1.29, 1.82) is 0 Å². The van der Waals surface area contributed by atoms with E-state index in [-0.39, 0.29) is 0 Å². The lowest BCUT2D eigenvalue weighted by atomic mass is 9.76. The first-order valence-electron chi connectivity index (χ1n) is 8.03. The predicted octanol–water partition coefficient (Wildman–Crippen LogP) is 2.73. The van der Waals surface area contributed by atoms with E-state index < -0.39 is 0 Å². The molecule has 2 heterocycles. The Labute approximate surface area is 123 Å².